The van der Waals surface area contributed by atoms with Crippen LogP contribution in [0.25, 0.3) is 5.69 Å². The van der Waals surface area contributed by atoms with Crippen LogP contribution in [-0.4, -0.2) is 28.5 Å². The molecule has 2 N–H and O–H groups in total. The van der Waals surface area contributed by atoms with E-state index in [0.29, 0.717) is 0 Å². The van der Waals surface area contributed by atoms with Crippen LogP contribution in [0.3, 0.4) is 0 Å². The van der Waals surface area contributed by atoms with E-state index in [1.807, 2.05) is 36.1 Å². The first-order valence-corrected chi connectivity index (χ1v) is 5.78. The van der Waals surface area contributed by atoms with Crippen molar-refractivity contribution >= 4 is 0 Å². The van der Waals surface area contributed by atoms with E-state index < -0.39 is 0 Å². The number of nitrogens with one attached hydrogen (secondary N) is 1. The maximum atomic E-state index is 9.26. The van der Waals surface area contributed by atoms with Gasteiger partial charge in [-0.15, -0.1) is 0 Å². The number of aryl methyl sites for hydroxylation is 1. The molecule has 0 spiro atoms. The molecule has 17 heavy (non-hydrogen) atoms. The Bertz CT molecular complexity index is 462. The third-order valence-corrected chi connectivity index (χ3v) is 2.68. The summed E-state index contributed by atoms with van der Waals surface area (Å²) in [4.78, 5) is 0. The van der Waals surface area contributed by atoms with Crippen molar-refractivity contribution in [3.05, 3.63) is 42.2 Å². The zero-order chi connectivity index (χ0) is 12.1. The van der Waals surface area contributed by atoms with Gasteiger partial charge in [-0.05, 0) is 56.8 Å². The largest absolute Gasteiger partial charge is 0.508 e. The lowest BCUT2D eigenvalue weighted by atomic mass is 10.2. The maximum absolute atomic E-state index is 9.26. The number of hydrogen-bond donors (Lipinski definition) is 2. The Hall–Kier alpha value is -1.81. The fourth-order valence-corrected chi connectivity index (χ4v) is 1.79. The normalized spacial score (nSPS) is 10.6. The van der Waals surface area contributed by atoms with Crippen molar-refractivity contribution in [3.63, 3.8) is 0 Å². The number of phenolic OH excluding ortho intramolecular Hbond substituents is 1. The molecule has 1 heterocycles. The van der Waals surface area contributed by atoms with Gasteiger partial charge in [-0.25, -0.2) is 4.68 Å². The Morgan fingerprint density at radius 2 is 2.00 bits per heavy atom. The summed E-state index contributed by atoms with van der Waals surface area (Å²) in [6.07, 6.45) is 3.88. The van der Waals surface area contributed by atoms with Gasteiger partial charge in [0.25, 0.3) is 0 Å². The number of benzene rings is 1. The second-order valence-corrected chi connectivity index (χ2v) is 3.96. The lowest BCUT2D eigenvalue weighted by molar-refractivity contribution is 0.475. The van der Waals surface area contributed by atoms with Crippen LogP contribution in [0.5, 0.6) is 5.75 Å². The van der Waals surface area contributed by atoms with Crippen molar-refractivity contribution < 1.29 is 5.11 Å². The standard InChI is InChI=1S/C13H17N3O/c1-14-9-2-3-11-8-10-15-16(11)12-4-6-13(17)7-5-12/h4-8,10,14,17H,2-3,9H2,1H3. The second kappa shape index (κ2) is 5.50. The van der Waals surface area contributed by atoms with E-state index in [4.69, 9.17) is 0 Å². The van der Waals surface area contributed by atoms with Crippen LogP contribution in [0.1, 0.15) is 12.1 Å². The smallest absolute Gasteiger partial charge is 0.115 e. The first-order valence-electron chi connectivity index (χ1n) is 5.78. The summed E-state index contributed by atoms with van der Waals surface area (Å²) in [6.45, 7) is 1.00. The molecule has 0 aliphatic rings. The van der Waals surface area contributed by atoms with Crippen molar-refractivity contribution in [1.82, 2.24) is 15.1 Å². The average molecular weight is 231 g/mol. The number of aromatic nitrogens is 2. The van der Waals surface area contributed by atoms with Crippen molar-refractivity contribution in [3.8, 4) is 11.4 Å². The highest BCUT2D eigenvalue weighted by atomic mass is 16.3. The molecule has 0 saturated carbocycles. The van der Waals surface area contributed by atoms with Gasteiger partial charge in [0.1, 0.15) is 5.75 Å². The predicted octanol–water partition coefficient (Wildman–Crippen LogP) is 1.73. The Labute approximate surface area is 101 Å². The van der Waals surface area contributed by atoms with Gasteiger partial charge >= 0.3 is 0 Å². The Kier molecular flexibility index (Phi) is 3.77. The van der Waals surface area contributed by atoms with Crippen LogP contribution in [0, 0.1) is 0 Å². The lowest BCUT2D eigenvalue weighted by Gasteiger charge is -2.07. The van der Waals surface area contributed by atoms with Crippen molar-refractivity contribution in [1.29, 1.82) is 0 Å². The number of hydrogen-bond acceptors (Lipinski definition) is 3. The predicted molar refractivity (Wildman–Crippen MR) is 67.5 cm³/mol. The molecule has 0 saturated heterocycles. The number of phenols is 1. The number of nitrogens with zero attached hydrogens (tertiary/aromatic N) is 2. The van der Waals surface area contributed by atoms with Crippen molar-refractivity contribution in [2.75, 3.05) is 13.6 Å². The topological polar surface area (TPSA) is 50.1 Å². The van der Waals surface area contributed by atoms with E-state index in [1.165, 1.54) is 5.69 Å². The highest BCUT2D eigenvalue weighted by Gasteiger charge is 2.04. The Morgan fingerprint density at radius 1 is 1.24 bits per heavy atom. The summed E-state index contributed by atoms with van der Waals surface area (Å²) in [7, 11) is 1.96. The zero-order valence-corrected chi connectivity index (χ0v) is 9.93. The monoisotopic (exact) mass is 231 g/mol. The third kappa shape index (κ3) is 2.85. The third-order valence-electron chi connectivity index (χ3n) is 2.68. The Morgan fingerprint density at radius 3 is 2.71 bits per heavy atom. The molecular formula is C13H17N3O. The molecule has 0 fully saturated rings. The van der Waals surface area contributed by atoms with Crippen LogP contribution in [0.15, 0.2) is 36.5 Å². The van der Waals surface area contributed by atoms with Gasteiger partial charge in [0, 0.05) is 11.9 Å². The SMILES string of the molecule is CNCCCc1ccnn1-c1ccc(O)cc1. The average Bonchev–Trinajstić information content (AvgIpc) is 2.79. The molecule has 0 atom stereocenters. The highest BCUT2D eigenvalue weighted by Crippen LogP contribution is 2.15. The van der Waals surface area contributed by atoms with E-state index in [2.05, 4.69) is 10.4 Å². The van der Waals surface area contributed by atoms with Crippen molar-refractivity contribution in [2.45, 2.75) is 12.8 Å². The lowest BCUT2D eigenvalue weighted by Crippen LogP contribution is -2.10. The van der Waals surface area contributed by atoms with Crippen LogP contribution in [-0.2, 0) is 6.42 Å². The minimum Gasteiger partial charge on any atom is -0.508 e. The number of rotatable bonds is 5. The molecule has 0 bridgehead atoms. The fraction of sp³-hybridized carbons (Fsp3) is 0.308. The van der Waals surface area contributed by atoms with Gasteiger partial charge in [-0.2, -0.15) is 5.10 Å². The first kappa shape index (κ1) is 11.7. The van der Waals surface area contributed by atoms with Crippen LogP contribution >= 0.6 is 0 Å². The fourth-order valence-electron chi connectivity index (χ4n) is 1.79. The molecule has 4 heteroatoms. The minimum atomic E-state index is 0.276. The molecule has 0 amide bonds. The number of aromatic hydroxyl groups is 1. The van der Waals surface area contributed by atoms with E-state index >= 15 is 0 Å². The quantitative estimate of drug-likeness (QED) is 0.770. The molecule has 2 rings (SSSR count). The van der Waals surface area contributed by atoms with E-state index in [9.17, 15) is 5.11 Å². The van der Waals surface area contributed by atoms with E-state index in [1.54, 1.807) is 12.1 Å². The molecule has 2 aromatic rings. The second-order valence-electron chi connectivity index (χ2n) is 3.96. The summed E-state index contributed by atoms with van der Waals surface area (Å²) >= 11 is 0. The molecular weight excluding hydrogens is 214 g/mol. The first-order chi connectivity index (χ1) is 8.31. The molecule has 0 radical (unpaired) electrons. The van der Waals surface area contributed by atoms with Crippen LogP contribution in [0.2, 0.25) is 0 Å². The van der Waals surface area contributed by atoms with Gasteiger partial charge in [-0.3, -0.25) is 0 Å². The summed E-state index contributed by atoms with van der Waals surface area (Å²) in [5.41, 5.74) is 2.16. The summed E-state index contributed by atoms with van der Waals surface area (Å²) in [5.74, 6) is 0.276. The molecule has 0 aliphatic carbocycles. The van der Waals surface area contributed by atoms with E-state index in [0.717, 1.165) is 25.1 Å². The Balaban J connectivity index is 2.15. The molecule has 0 aliphatic heterocycles. The molecule has 1 aromatic carbocycles. The summed E-state index contributed by atoms with van der Waals surface area (Å²) in [6, 6.07) is 9.11. The zero-order valence-electron chi connectivity index (χ0n) is 9.93. The van der Waals surface area contributed by atoms with Gasteiger partial charge in [0.05, 0.1) is 5.69 Å². The van der Waals surface area contributed by atoms with E-state index in [-0.39, 0.29) is 5.75 Å². The molecule has 1 aromatic heterocycles. The molecule has 90 valence electrons. The minimum absolute atomic E-state index is 0.276. The maximum Gasteiger partial charge on any atom is 0.115 e. The van der Waals surface area contributed by atoms with Gasteiger partial charge in [-0.1, -0.05) is 0 Å². The van der Waals surface area contributed by atoms with Gasteiger partial charge in [0.2, 0.25) is 0 Å². The summed E-state index contributed by atoms with van der Waals surface area (Å²) in [5, 5.41) is 16.7. The summed E-state index contributed by atoms with van der Waals surface area (Å²) < 4.78 is 1.91. The molecule has 4 nitrogen and oxygen atoms in total. The molecule has 0 unspecified atom stereocenters. The van der Waals surface area contributed by atoms with Crippen LogP contribution < -0.4 is 5.32 Å². The van der Waals surface area contributed by atoms with Gasteiger partial charge < -0.3 is 10.4 Å². The van der Waals surface area contributed by atoms with Crippen LogP contribution in [0.4, 0.5) is 0 Å². The van der Waals surface area contributed by atoms with Gasteiger partial charge in [0.15, 0.2) is 0 Å². The van der Waals surface area contributed by atoms with Crippen molar-refractivity contribution in [2.24, 2.45) is 0 Å². The highest BCUT2D eigenvalue weighted by molar-refractivity contribution is 5.37.